The van der Waals surface area contributed by atoms with Gasteiger partial charge in [-0.1, -0.05) is 31.4 Å². The van der Waals surface area contributed by atoms with E-state index in [1.165, 1.54) is 39.0 Å². The monoisotopic (exact) mass is 354 g/mol. The molecule has 1 aromatic heterocycles. The van der Waals surface area contributed by atoms with E-state index in [1.54, 1.807) is 0 Å². The standard InChI is InChI=1S/C21H26N2O3/c1-14(24)21-20(17-8-4-5-9-18(17)26-21)22-19(25)13-23-11-10-15-6-2-3-7-16(15)12-23/h4-5,8-9,15-16H,2-3,6-7,10-13H2,1H3,(H,22,25)/t15-,16+/m0/s1. The smallest absolute Gasteiger partial charge is 0.238 e. The van der Waals surface area contributed by atoms with E-state index in [0.29, 0.717) is 17.8 Å². The van der Waals surface area contributed by atoms with Crippen molar-refractivity contribution in [1.29, 1.82) is 0 Å². The first-order valence-electron chi connectivity index (χ1n) is 9.66. The molecule has 1 saturated heterocycles. The van der Waals surface area contributed by atoms with Gasteiger partial charge in [-0.15, -0.1) is 0 Å². The highest BCUT2D eigenvalue weighted by molar-refractivity contribution is 6.11. The minimum Gasteiger partial charge on any atom is -0.451 e. The summed E-state index contributed by atoms with van der Waals surface area (Å²) in [6.45, 7) is 3.84. The van der Waals surface area contributed by atoms with Crippen LogP contribution in [0.1, 0.15) is 49.6 Å². The van der Waals surface area contributed by atoms with Gasteiger partial charge in [-0.05, 0) is 43.4 Å². The van der Waals surface area contributed by atoms with E-state index in [0.717, 1.165) is 30.3 Å². The van der Waals surface area contributed by atoms with Gasteiger partial charge in [0.2, 0.25) is 5.91 Å². The molecule has 4 rings (SSSR count). The molecule has 0 spiro atoms. The van der Waals surface area contributed by atoms with Crippen molar-refractivity contribution >= 4 is 28.3 Å². The molecule has 1 aromatic carbocycles. The quantitative estimate of drug-likeness (QED) is 0.840. The Morgan fingerprint density at radius 2 is 1.92 bits per heavy atom. The summed E-state index contributed by atoms with van der Waals surface area (Å²) < 4.78 is 5.64. The molecule has 1 aliphatic heterocycles. The van der Waals surface area contributed by atoms with Crippen LogP contribution in [0.2, 0.25) is 0 Å². The second-order valence-electron chi connectivity index (χ2n) is 7.74. The number of anilines is 1. The summed E-state index contributed by atoms with van der Waals surface area (Å²) in [4.78, 5) is 26.8. The summed E-state index contributed by atoms with van der Waals surface area (Å²) in [5, 5.41) is 3.71. The number of nitrogens with zero attached hydrogens (tertiary/aromatic N) is 1. The second-order valence-corrected chi connectivity index (χ2v) is 7.74. The van der Waals surface area contributed by atoms with E-state index >= 15 is 0 Å². The number of Topliss-reactive ketones (excluding diaryl/α,β-unsaturated/α-hetero) is 1. The van der Waals surface area contributed by atoms with Crippen molar-refractivity contribution in [3.8, 4) is 0 Å². The maximum Gasteiger partial charge on any atom is 0.238 e. The number of piperidine rings is 1. The number of nitrogens with one attached hydrogen (secondary N) is 1. The molecule has 1 aliphatic carbocycles. The largest absolute Gasteiger partial charge is 0.451 e. The summed E-state index contributed by atoms with van der Waals surface area (Å²) in [6.07, 6.45) is 6.54. The molecule has 2 aromatic rings. The average molecular weight is 354 g/mol. The zero-order valence-electron chi connectivity index (χ0n) is 15.3. The first-order chi connectivity index (χ1) is 12.6. The molecular formula is C21H26N2O3. The Labute approximate surface area is 153 Å². The lowest BCUT2D eigenvalue weighted by Gasteiger charge is -2.41. The number of amides is 1. The average Bonchev–Trinajstić information content (AvgIpc) is 3.00. The Hall–Kier alpha value is -2.14. The zero-order chi connectivity index (χ0) is 18.1. The lowest BCUT2D eigenvalue weighted by Crippen LogP contribution is -2.44. The Kier molecular flexibility index (Phi) is 4.81. The van der Waals surface area contributed by atoms with Crippen LogP contribution in [0.15, 0.2) is 28.7 Å². The van der Waals surface area contributed by atoms with E-state index < -0.39 is 0 Å². The molecule has 0 unspecified atom stereocenters. The van der Waals surface area contributed by atoms with E-state index in [9.17, 15) is 9.59 Å². The van der Waals surface area contributed by atoms with E-state index in [4.69, 9.17) is 4.42 Å². The number of likely N-dealkylation sites (tertiary alicyclic amines) is 1. The maximum absolute atomic E-state index is 12.7. The molecule has 5 heteroatoms. The number of carbonyl (C=O) groups is 2. The molecule has 2 atom stereocenters. The fourth-order valence-corrected chi connectivity index (χ4v) is 4.62. The molecule has 0 radical (unpaired) electrons. The number of rotatable bonds is 4. The number of benzene rings is 1. The predicted molar refractivity (Wildman–Crippen MR) is 101 cm³/mol. The van der Waals surface area contributed by atoms with Gasteiger partial charge in [0.15, 0.2) is 11.5 Å². The number of ketones is 1. The Morgan fingerprint density at radius 1 is 1.15 bits per heavy atom. The lowest BCUT2D eigenvalue weighted by molar-refractivity contribution is -0.118. The number of para-hydroxylation sites is 1. The van der Waals surface area contributed by atoms with Gasteiger partial charge in [0, 0.05) is 18.9 Å². The van der Waals surface area contributed by atoms with Crippen LogP contribution in [0.4, 0.5) is 5.69 Å². The lowest BCUT2D eigenvalue weighted by atomic mass is 9.75. The molecular weight excluding hydrogens is 328 g/mol. The number of hydrogen-bond donors (Lipinski definition) is 1. The Balaban J connectivity index is 1.46. The van der Waals surface area contributed by atoms with Crippen LogP contribution < -0.4 is 5.32 Å². The summed E-state index contributed by atoms with van der Waals surface area (Å²) in [5.41, 5.74) is 1.13. The number of furan rings is 1. The molecule has 138 valence electrons. The van der Waals surface area contributed by atoms with Crippen LogP contribution in [0, 0.1) is 11.8 Å². The molecule has 1 saturated carbocycles. The van der Waals surface area contributed by atoms with E-state index in [2.05, 4.69) is 10.2 Å². The summed E-state index contributed by atoms with van der Waals surface area (Å²) in [6, 6.07) is 7.42. The van der Waals surface area contributed by atoms with Crippen LogP contribution in [0.25, 0.3) is 11.0 Å². The minimum absolute atomic E-state index is 0.0756. The first kappa shape index (κ1) is 17.3. The number of carbonyl (C=O) groups excluding carboxylic acids is 2. The molecule has 2 fully saturated rings. The van der Waals surface area contributed by atoms with Crippen LogP contribution in [0.5, 0.6) is 0 Å². The second kappa shape index (κ2) is 7.23. The highest BCUT2D eigenvalue weighted by Crippen LogP contribution is 2.36. The number of hydrogen-bond acceptors (Lipinski definition) is 4. The van der Waals surface area contributed by atoms with Gasteiger partial charge in [-0.25, -0.2) is 0 Å². The number of fused-ring (bicyclic) bond motifs is 2. The zero-order valence-corrected chi connectivity index (χ0v) is 15.3. The van der Waals surface area contributed by atoms with Gasteiger partial charge in [0.25, 0.3) is 0 Å². The van der Waals surface area contributed by atoms with Gasteiger partial charge in [-0.2, -0.15) is 0 Å². The van der Waals surface area contributed by atoms with Crippen molar-refractivity contribution in [3.05, 3.63) is 30.0 Å². The van der Waals surface area contributed by atoms with Crippen molar-refractivity contribution in [2.24, 2.45) is 11.8 Å². The third-order valence-corrected chi connectivity index (χ3v) is 5.92. The molecule has 26 heavy (non-hydrogen) atoms. The van der Waals surface area contributed by atoms with Crippen LogP contribution in [0.3, 0.4) is 0 Å². The van der Waals surface area contributed by atoms with Gasteiger partial charge in [0.1, 0.15) is 5.58 Å². The molecule has 1 N–H and O–H groups in total. The van der Waals surface area contributed by atoms with Crippen molar-refractivity contribution < 1.29 is 14.0 Å². The fourth-order valence-electron chi connectivity index (χ4n) is 4.62. The molecule has 2 aliphatic rings. The highest BCUT2D eigenvalue weighted by atomic mass is 16.3. The third kappa shape index (κ3) is 3.40. The third-order valence-electron chi connectivity index (χ3n) is 5.92. The minimum atomic E-state index is -0.181. The maximum atomic E-state index is 12.7. The molecule has 1 amide bonds. The Bertz CT molecular complexity index is 826. The SMILES string of the molecule is CC(=O)c1oc2ccccc2c1NC(=O)CN1CC[C@@H]2CCCC[C@@H]2C1. The topological polar surface area (TPSA) is 62.6 Å². The van der Waals surface area contributed by atoms with Gasteiger partial charge < -0.3 is 9.73 Å². The van der Waals surface area contributed by atoms with Gasteiger partial charge >= 0.3 is 0 Å². The summed E-state index contributed by atoms with van der Waals surface area (Å²) in [5.74, 6) is 1.57. The first-order valence-corrected chi connectivity index (χ1v) is 9.66. The summed E-state index contributed by atoms with van der Waals surface area (Å²) in [7, 11) is 0. The van der Waals surface area contributed by atoms with Crippen molar-refractivity contribution in [3.63, 3.8) is 0 Å². The van der Waals surface area contributed by atoms with Crippen molar-refractivity contribution in [1.82, 2.24) is 4.90 Å². The predicted octanol–water partition coefficient (Wildman–Crippen LogP) is 4.09. The molecule has 5 nitrogen and oxygen atoms in total. The van der Waals surface area contributed by atoms with Crippen LogP contribution >= 0.6 is 0 Å². The van der Waals surface area contributed by atoms with Crippen LogP contribution in [-0.2, 0) is 4.79 Å². The van der Waals surface area contributed by atoms with Crippen LogP contribution in [-0.4, -0.2) is 36.2 Å². The van der Waals surface area contributed by atoms with Crippen molar-refractivity contribution in [2.75, 3.05) is 25.0 Å². The Morgan fingerprint density at radius 3 is 2.73 bits per heavy atom. The van der Waals surface area contributed by atoms with E-state index in [1.807, 2.05) is 24.3 Å². The van der Waals surface area contributed by atoms with Gasteiger partial charge in [0.05, 0.1) is 12.2 Å². The molecule has 0 bridgehead atoms. The van der Waals surface area contributed by atoms with Gasteiger partial charge in [-0.3, -0.25) is 14.5 Å². The molecule has 2 heterocycles. The fraction of sp³-hybridized carbons (Fsp3) is 0.524. The van der Waals surface area contributed by atoms with E-state index in [-0.39, 0.29) is 17.5 Å². The van der Waals surface area contributed by atoms with Crippen molar-refractivity contribution in [2.45, 2.75) is 39.0 Å². The summed E-state index contributed by atoms with van der Waals surface area (Å²) >= 11 is 0. The highest BCUT2D eigenvalue weighted by Gasteiger charge is 2.31. The normalized spacial score (nSPS) is 23.6.